The van der Waals surface area contributed by atoms with E-state index in [2.05, 4.69) is 201 Å². The van der Waals surface area contributed by atoms with Gasteiger partial charge in [-0.25, -0.2) is 0 Å². The molecule has 1 aliphatic heterocycles. The fourth-order valence-electron chi connectivity index (χ4n) is 11.2. The molecule has 1 aromatic heterocycles. The van der Waals surface area contributed by atoms with Crippen LogP contribution >= 0.6 is 0 Å². The fraction of sp³-hybridized carbons (Fsp3) is 0.148. The van der Waals surface area contributed by atoms with Crippen molar-refractivity contribution in [3.05, 3.63) is 203 Å². The molecular formula is C54H42N2. The Bertz CT molecular complexity index is 3000. The summed E-state index contributed by atoms with van der Waals surface area (Å²) in [7, 11) is 0. The van der Waals surface area contributed by atoms with Crippen LogP contribution in [0.25, 0.3) is 55.3 Å². The highest BCUT2D eigenvalue weighted by molar-refractivity contribution is 6.12. The monoisotopic (exact) mass is 718 g/mol. The molecule has 8 aromatic rings. The second-order valence-corrected chi connectivity index (χ2v) is 17.3. The zero-order chi connectivity index (χ0) is 37.5. The largest absolute Gasteiger partial charge is 0.313 e. The van der Waals surface area contributed by atoms with Gasteiger partial charge in [-0.05, 0) is 104 Å². The van der Waals surface area contributed by atoms with Gasteiger partial charge in [0.25, 0.3) is 0 Å². The lowest BCUT2D eigenvalue weighted by molar-refractivity contribution is 0.660. The molecule has 0 N–H and O–H groups in total. The molecule has 0 bridgehead atoms. The molecule has 0 radical (unpaired) electrons. The van der Waals surface area contributed by atoms with Crippen LogP contribution in [0.1, 0.15) is 73.4 Å². The Morgan fingerprint density at radius 3 is 1.82 bits per heavy atom. The molecule has 0 saturated heterocycles. The lowest BCUT2D eigenvalue weighted by Crippen LogP contribution is -2.22. The van der Waals surface area contributed by atoms with E-state index >= 15 is 0 Å². The first-order valence-corrected chi connectivity index (χ1v) is 20.1. The summed E-state index contributed by atoms with van der Waals surface area (Å²) >= 11 is 0. The molecule has 2 heterocycles. The Kier molecular flexibility index (Phi) is 6.33. The van der Waals surface area contributed by atoms with E-state index in [1.807, 2.05) is 0 Å². The number of para-hydroxylation sites is 3. The second-order valence-electron chi connectivity index (χ2n) is 17.3. The molecule has 0 fully saturated rings. The summed E-state index contributed by atoms with van der Waals surface area (Å²) in [6.07, 6.45) is 3.45. The molecule has 12 rings (SSSR count). The predicted molar refractivity (Wildman–Crippen MR) is 235 cm³/mol. The molecule has 7 aromatic carbocycles. The topological polar surface area (TPSA) is 8.17 Å². The Morgan fingerprint density at radius 1 is 0.518 bits per heavy atom. The first-order chi connectivity index (χ1) is 27.3. The van der Waals surface area contributed by atoms with Crippen molar-refractivity contribution in [2.45, 2.75) is 50.9 Å². The van der Waals surface area contributed by atoms with Gasteiger partial charge in [-0.2, -0.15) is 0 Å². The van der Waals surface area contributed by atoms with E-state index in [4.69, 9.17) is 0 Å². The highest BCUT2D eigenvalue weighted by atomic mass is 15.2. The summed E-state index contributed by atoms with van der Waals surface area (Å²) in [6.45, 7) is 9.60. The minimum Gasteiger partial charge on any atom is -0.313 e. The molecule has 268 valence electrons. The van der Waals surface area contributed by atoms with E-state index in [9.17, 15) is 0 Å². The van der Waals surface area contributed by atoms with E-state index in [0.717, 1.165) is 6.42 Å². The van der Waals surface area contributed by atoms with Gasteiger partial charge in [0, 0.05) is 38.9 Å². The van der Waals surface area contributed by atoms with Crippen molar-refractivity contribution in [2.75, 3.05) is 4.90 Å². The Labute approximate surface area is 328 Å². The number of allylic oxidation sites excluding steroid dienone is 4. The first kappa shape index (κ1) is 31.9. The smallest absolute Gasteiger partial charge is 0.0544 e. The number of fused-ring (bicyclic) bond motifs is 13. The van der Waals surface area contributed by atoms with Crippen molar-refractivity contribution >= 4 is 44.5 Å². The summed E-state index contributed by atoms with van der Waals surface area (Å²) in [6, 6.07) is 59.3. The van der Waals surface area contributed by atoms with Gasteiger partial charge in [-0.1, -0.05) is 155 Å². The highest BCUT2D eigenvalue weighted by Crippen LogP contribution is 2.62. The minimum atomic E-state index is -0.148. The minimum absolute atomic E-state index is 0.0422. The van der Waals surface area contributed by atoms with Crippen LogP contribution in [-0.4, -0.2) is 4.57 Å². The molecule has 56 heavy (non-hydrogen) atoms. The van der Waals surface area contributed by atoms with Gasteiger partial charge in [-0.3, -0.25) is 0 Å². The van der Waals surface area contributed by atoms with Crippen LogP contribution in [-0.2, 0) is 10.8 Å². The van der Waals surface area contributed by atoms with Crippen molar-refractivity contribution in [3.8, 4) is 22.3 Å². The maximum atomic E-state index is 2.62. The molecule has 0 saturated carbocycles. The maximum Gasteiger partial charge on any atom is 0.0544 e. The Morgan fingerprint density at radius 2 is 1.11 bits per heavy atom. The molecule has 1 unspecified atom stereocenters. The van der Waals surface area contributed by atoms with Crippen LogP contribution in [0.15, 0.2) is 169 Å². The maximum absolute atomic E-state index is 2.62. The Hall–Kier alpha value is -6.38. The second kappa shape index (κ2) is 11.1. The Balaban J connectivity index is 1.17. The van der Waals surface area contributed by atoms with E-state index in [1.165, 1.54) is 106 Å². The molecular weight excluding hydrogens is 677 g/mol. The average molecular weight is 719 g/mol. The molecule has 0 spiro atoms. The molecule has 2 heteroatoms. The standard InChI is InChI=1S/C54H42N2/c1-53(2)44-22-12-9-19-36(44)42-30-33(26-29-46(42)53)41-31-43-40-28-27-39-35-18-8-13-23-45(35)54(3,4)51(39)52(40)55(34-16-6-5-7-17-34)50(43)32-49(41)56-47-24-14-10-20-37(47)38-21-11-15-25-48(38)56/h5-30,32,43H,31H2,1-4H3. The number of anilines is 2. The van der Waals surface area contributed by atoms with Crippen LogP contribution in [0, 0.1) is 0 Å². The summed E-state index contributed by atoms with van der Waals surface area (Å²) in [4.78, 5) is 2.62. The van der Waals surface area contributed by atoms with E-state index < -0.39 is 0 Å². The number of hydrogen-bond acceptors (Lipinski definition) is 1. The van der Waals surface area contributed by atoms with Crippen LogP contribution in [0.5, 0.6) is 0 Å². The third kappa shape index (κ3) is 4.06. The number of benzene rings is 7. The molecule has 1 atom stereocenters. The third-order valence-corrected chi connectivity index (χ3v) is 13.7. The molecule has 0 amide bonds. The predicted octanol–water partition coefficient (Wildman–Crippen LogP) is 14.0. The normalized spacial score (nSPS) is 18.0. The van der Waals surface area contributed by atoms with Crippen molar-refractivity contribution in [1.82, 2.24) is 4.57 Å². The number of aromatic nitrogens is 1. The fourth-order valence-corrected chi connectivity index (χ4v) is 11.2. The number of hydrogen-bond donors (Lipinski definition) is 0. The van der Waals surface area contributed by atoms with Gasteiger partial charge in [0.15, 0.2) is 0 Å². The number of nitrogens with zero attached hydrogens (tertiary/aromatic N) is 2. The van der Waals surface area contributed by atoms with Crippen molar-refractivity contribution in [2.24, 2.45) is 0 Å². The number of rotatable bonds is 3. The summed E-state index contributed by atoms with van der Waals surface area (Å²) in [5.41, 5.74) is 22.7. The van der Waals surface area contributed by atoms with Gasteiger partial charge in [-0.15, -0.1) is 0 Å². The lowest BCUT2D eigenvalue weighted by atomic mass is 9.78. The zero-order valence-electron chi connectivity index (χ0n) is 32.3. The summed E-state index contributed by atoms with van der Waals surface area (Å²) in [5.74, 6) is 0.193. The lowest BCUT2D eigenvalue weighted by Gasteiger charge is -2.32. The zero-order valence-corrected chi connectivity index (χ0v) is 32.3. The van der Waals surface area contributed by atoms with Gasteiger partial charge in [0.05, 0.1) is 22.4 Å². The van der Waals surface area contributed by atoms with Crippen LogP contribution in [0.4, 0.5) is 11.4 Å². The van der Waals surface area contributed by atoms with Gasteiger partial charge in [0.2, 0.25) is 0 Å². The molecule has 4 aliphatic rings. The SMILES string of the molecule is CC1(C)c2ccccc2-c2cc(C3=C(n4c5ccccc5c5ccccc54)C=C4C(C3)c3ccc5c(c3N4c3ccccc3)C(C)(C)c3ccccc3-5)ccc21. The van der Waals surface area contributed by atoms with Gasteiger partial charge < -0.3 is 9.47 Å². The van der Waals surface area contributed by atoms with Gasteiger partial charge >= 0.3 is 0 Å². The molecule has 2 nitrogen and oxygen atoms in total. The van der Waals surface area contributed by atoms with Crippen molar-refractivity contribution in [3.63, 3.8) is 0 Å². The van der Waals surface area contributed by atoms with Crippen molar-refractivity contribution in [1.29, 1.82) is 0 Å². The van der Waals surface area contributed by atoms with Crippen LogP contribution < -0.4 is 4.90 Å². The summed E-state index contributed by atoms with van der Waals surface area (Å²) in [5, 5.41) is 2.57. The van der Waals surface area contributed by atoms with Crippen LogP contribution in [0.2, 0.25) is 0 Å². The van der Waals surface area contributed by atoms with E-state index in [0.29, 0.717) is 0 Å². The highest BCUT2D eigenvalue weighted by Gasteiger charge is 2.46. The third-order valence-electron chi connectivity index (χ3n) is 13.7. The van der Waals surface area contributed by atoms with Crippen LogP contribution in [0.3, 0.4) is 0 Å². The van der Waals surface area contributed by atoms with Crippen molar-refractivity contribution < 1.29 is 0 Å². The van der Waals surface area contributed by atoms with E-state index in [-0.39, 0.29) is 16.7 Å². The average Bonchev–Trinajstić information content (AvgIpc) is 3.89. The molecule has 3 aliphatic carbocycles. The first-order valence-electron chi connectivity index (χ1n) is 20.1. The summed E-state index contributed by atoms with van der Waals surface area (Å²) < 4.78 is 2.56. The van der Waals surface area contributed by atoms with E-state index in [1.54, 1.807) is 0 Å². The van der Waals surface area contributed by atoms with Gasteiger partial charge in [0.1, 0.15) is 0 Å². The quantitative estimate of drug-likeness (QED) is 0.177.